The zero-order chi connectivity index (χ0) is 19.2. The molecule has 1 amide bonds. The number of benzene rings is 2. The van der Waals surface area contributed by atoms with Crippen LogP contribution in [0.4, 0.5) is 11.4 Å². The maximum absolute atomic E-state index is 12.5. The van der Waals surface area contributed by atoms with Gasteiger partial charge in [-0.15, -0.1) is 0 Å². The molecule has 0 radical (unpaired) electrons. The molecule has 0 atom stereocenters. The Labute approximate surface area is 168 Å². The van der Waals surface area contributed by atoms with Crippen molar-refractivity contribution in [3.05, 3.63) is 60.2 Å². The first-order valence-corrected chi connectivity index (χ1v) is 10.7. The van der Waals surface area contributed by atoms with E-state index in [1.165, 1.54) is 36.9 Å². The van der Waals surface area contributed by atoms with Crippen LogP contribution in [0.2, 0.25) is 0 Å². The van der Waals surface area contributed by atoms with Gasteiger partial charge in [0.2, 0.25) is 5.91 Å². The van der Waals surface area contributed by atoms with Gasteiger partial charge in [-0.1, -0.05) is 55.3 Å². The van der Waals surface area contributed by atoms with Crippen LogP contribution in [0.3, 0.4) is 0 Å². The Morgan fingerprint density at radius 3 is 2.29 bits per heavy atom. The lowest BCUT2D eigenvalue weighted by atomic mass is 9.96. The number of rotatable bonds is 7. The monoisotopic (exact) mass is 377 g/mol. The molecule has 2 aliphatic rings. The largest absolute Gasteiger partial charge is 0.374 e. The summed E-state index contributed by atoms with van der Waals surface area (Å²) in [5.74, 6) is 0.0628. The van der Waals surface area contributed by atoms with Crippen LogP contribution in [0, 0.1) is 0 Å². The average molecular weight is 378 g/mol. The maximum Gasteiger partial charge on any atom is 0.239 e. The number of carbonyl (C=O) groups is 1. The number of nitrogens with one attached hydrogen (secondary N) is 2. The van der Waals surface area contributed by atoms with Gasteiger partial charge in [0.05, 0.1) is 17.9 Å². The fraction of sp³-hybridized carbons (Fsp3) is 0.458. The molecule has 148 valence electrons. The van der Waals surface area contributed by atoms with Crippen LogP contribution in [-0.4, -0.2) is 32.1 Å². The summed E-state index contributed by atoms with van der Waals surface area (Å²) in [6, 6.07) is 18.9. The molecule has 1 aliphatic heterocycles. The molecule has 2 fully saturated rings. The summed E-state index contributed by atoms with van der Waals surface area (Å²) in [6.45, 7) is 3.25. The van der Waals surface area contributed by atoms with Gasteiger partial charge in [-0.3, -0.25) is 4.79 Å². The molecule has 4 heteroatoms. The molecule has 1 heterocycles. The van der Waals surface area contributed by atoms with Crippen LogP contribution in [0.5, 0.6) is 0 Å². The Kier molecular flexibility index (Phi) is 5.84. The molecular weight excluding hydrogens is 346 g/mol. The molecule has 0 spiro atoms. The van der Waals surface area contributed by atoms with Crippen molar-refractivity contribution in [2.75, 3.05) is 36.4 Å². The smallest absolute Gasteiger partial charge is 0.239 e. The van der Waals surface area contributed by atoms with E-state index in [2.05, 4.69) is 58.0 Å². The minimum Gasteiger partial charge on any atom is -0.374 e. The highest BCUT2D eigenvalue weighted by Gasteiger charge is 2.44. The summed E-state index contributed by atoms with van der Waals surface area (Å²) in [4.78, 5) is 14.9. The van der Waals surface area contributed by atoms with Crippen molar-refractivity contribution in [3.63, 3.8) is 0 Å². The molecule has 1 aliphatic carbocycles. The first kappa shape index (κ1) is 18.9. The molecular formula is C24H31N3O. The zero-order valence-corrected chi connectivity index (χ0v) is 16.6. The van der Waals surface area contributed by atoms with E-state index in [1.54, 1.807) is 0 Å². The Morgan fingerprint density at radius 1 is 0.893 bits per heavy atom. The Bertz CT molecular complexity index is 777. The number of hydrogen-bond donors (Lipinski definition) is 2. The highest BCUT2D eigenvalue weighted by Crippen LogP contribution is 2.47. The summed E-state index contributed by atoms with van der Waals surface area (Å²) in [6.07, 6.45) is 7.44. The van der Waals surface area contributed by atoms with E-state index in [4.69, 9.17) is 0 Å². The molecule has 4 rings (SSSR count). The fourth-order valence-electron chi connectivity index (χ4n) is 4.23. The predicted octanol–water partition coefficient (Wildman–Crippen LogP) is 4.33. The topological polar surface area (TPSA) is 44.4 Å². The third-order valence-electron chi connectivity index (χ3n) is 6.15. The average Bonchev–Trinajstić information content (AvgIpc) is 3.56. The summed E-state index contributed by atoms with van der Waals surface area (Å²) in [5, 5.41) is 6.52. The van der Waals surface area contributed by atoms with Gasteiger partial charge in [0.1, 0.15) is 0 Å². The minimum atomic E-state index is 0.0628. The summed E-state index contributed by atoms with van der Waals surface area (Å²) < 4.78 is 0. The van der Waals surface area contributed by atoms with E-state index >= 15 is 0 Å². The summed E-state index contributed by atoms with van der Waals surface area (Å²) in [7, 11) is 0. The van der Waals surface area contributed by atoms with Crippen LogP contribution in [-0.2, 0) is 10.2 Å². The van der Waals surface area contributed by atoms with E-state index in [9.17, 15) is 4.79 Å². The molecule has 2 aromatic carbocycles. The Morgan fingerprint density at radius 2 is 1.57 bits per heavy atom. The van der Waals surface area contributed by atoms with Crippen molar-refractivity contribution in [2.45, 2.75) is 43.9 Å². The zero-order valence-electron chi connectivity index (χ0n) is 16.6. The number of amides is 1. The number of para-hydroxylation sites is 2. The molecule has 0 bridgehead atoms. The van der Waals surface area contributed by atoms with Gasteiger partial charge in [0.25, 0.3) is 0 Å². The Hall–Kier alpha value is -2.49. The van der Waals surface area contributed by atoms with Crippen molar-refractivity contribution < 1.29 is 4.79 Å². The van der Waals surface area contributed by atoms with E-state index in [-0.39, 0.29) is 11.3 Å². The summed E-state index contributed by atoms with van der Waals surface area (Å²) in [5.41, 5.74) is 3.78. The third-order valence-corrected chi connectivity index (χ3v) is 6.15. The van der Waals surface area contributed by atoms with Crippen LogP contribution in [0.1, 0.15) is 44.1 Å². The minimum absolute atomic E-state index is 0.0628. The van der Waals surface area contributed by atoms with Crippen molar-refractivity contribution in [1.82, 2.24) is 5.32 Å². The van der Waals surface area contributed by atoms with E-state index in [1.807, 2.05) is 12.1 Å². The second-order valence-corrected chi connectivity index (χ2v) is 8.20. The van der Waals surface area contributed by atoms with Gasteiger partial charge >= 0.3 is 0 Å². The quantitative estimate of drug-likeness (QED) is 0.755. The van der Waals surface area contributed by atoms with Gasteiger partial charge in [-0.2, -0.15) is 0 Å². The third kappa shape index (κ3) is 4.49. The lowest BCUT2D eigenvalue weighted by Gasteiger charge is -2.25. The van der Waals surface area contributed by atoms with Crippen molar-refractivity contribution in [3.8, 4) is 0 Å². The first-order valence-electron chi connectivity index (χ1n) is 10.7. The molecule has 2 N–H and O–H groups in total. The lowest BCUT2D eigenvalue weighted by Crippen LogP contribution is -2.36. The SMILES string of the molecule is O=C(CNc1ccccc1N1CCCCCC1)NCC1(c2ccccc2)CC1. The highest BCUT2D eigenvalue weighted by atomic mass is 16.1. The highest BCUT2D eigenvalue weighted by molar-refractivity contribution is 5.82. The van der Waals surface area contributed by atoms with Gasteiger partial charge < -0.3 is 15.5 Å². The van der Waals surface area contributed by atoms with Crippen LogP contribution in [0.15, 0.2) is 54.6 Å². The summed E-state index contributed by atoms with van der Waals surface area (Å²) >= 11 is 0. The molecule has 0 aromatic heterocycles. The molecule has 1 saturated carbocycles. The standard InChI is InChI=1S/C24H31N3O/c28-23(26-19-24(14-15-24)20-10-4-3-5-11-20)18-25-21-12-6-7-13-22(21)27-16-8-1-2-9-17-27/h3-7,10-13,25H,1-2,8-9,14-19H2,(H,26,28). The number of nitrogens with zero attached hydrogens (tertiary/aromatic N) is 1. The molecule has 2 aromatic rings. The van der Waals surface area contributed by atoms with Crippen molar-refractivity contribution in [1.29, 1.82) is 0 Å². The van der Waals surface area contributed by atoms with E-state index in [0.29, 0.717) is 6.54 Å². The predicted molar refractivity (Wildman–Crippen MR) is 116 cm³/mol. The van der Waals surface area contributed by atoms with Gasteiger partial charge in [0, 0.05) is 25.0 Å². The van der Waals surface area contributed by atoms with Gasteiger partial charge in [-0.05, 0) is 43.4 Å². The second-order valence-electron chi connectivity index (χ2n) is 8.20. The van der Waals surface area contributed by atoms with Crippen LogP contribution >= 0.6 is 0 Å². The van der Waals surface area contributed by atoms with Crippen LogP contribution < -0.4 is 15.5 Å². The molecule has 4 nitrogen and oxygen atoms in total. The molecule has 0 unspecified atom stereocenters. The first-order chi connectivity index (χ1) is 13.8. The van der Waals surface area contributed by atoms with Crippen molar-refractivity contribution in [2.24, 2.45) is 0 Å². The number of hydrogen-bond acceptors (Lipinski definition) is 3. The fourth-order valence-corrected chi connectivity index (χ4v) is 4.23. The molecule has 28 heavy (non-hydrogen) atoms. The number of carbonyl (C=O) groups excluding carboxylic acids is 1. The van der Waals surface area contributed by atoms with Gasteiger partial charge in [0.15, 0.2) is 0 Å². The van der Waals surface area contributed by atoms with E-state index in [0.717, 1.165) is 38.2 Å². The number of anilines is 2. The Balaban J connectivity index is 1.32. The maximum atomic E-state index is 12.5. The lowest BCUT2D eigenvalue weighted by molar-refractivity contribution is -0.119. The van der Waals surface area contributed by atoms with Crippen molar-refractivity contribution >= 4 is 17.3 Å². The van der Waals surface area contributed by atoms with Crippen LogP contribution in [0.25, 0.3) is 0 Å². The molecule has 1 saturated heterocycles. The van der Waals surface area contributed by atoms with E-state index < -0.39 is 0 Å². The normalized spacial score (nSPS) is 18.2. The van der Waals surface area contributed by atoms with Gasteiger partial charge in [-0.25, -0.2) is 0 Å². The second kappa shape index (κ2) is 8.68.